The standard InChI is InChI=1S/C22H38N6O4/c1-26-11-13-28(14-12-26)16-27(2)22(30)20-23-21(32-25-20)18(15-19(29)24-31)10-6-9-17-7-4-3-5-8-17/h17-18,31H,3-16H2,1-2H3,(H,24,29)/t18-/m1/s1. The highest BCUT2D eigenvalue weighted by molar-refractivity contribution is 5.90. The Hall–Kier alpha value is -2.04. The molecule has 2 aliphatic rings. The van der Waals surface area contributed by atoms with Gasteiger partial charge in [0.2, 0.25) is 11.8 Å². The van der Waals surface area contributed by atoms with Gasteiger partial charge < -0.3 is 14.3 Å². The first-order chi connectivity index (χ1) is 15.5. The number of likely N-dealkylation sites (N-methyl/N-ethyl adjacent to an activating group) is 1. The molecule has 1 aromatic heterocycles. The van der Waals surface area contributed by atoms with E-state index in [9.17, 15) is 9.59 Å². The molecule has 1 aromatic rings. The van der Waals surface area contributed by atoms with Gasteiger partial charge in [-0.2, -0.15) is 4.98 Å². The number of aromatic nitrogens is 2. The maximum absolute atomic E-state index is 12.8. The zero-order chi connectivity index (χ0) is 22.9. The summed E-state index contributed by atoms with van der Waals surface area (Å²) >= 11 is 0. The van der Waals surface area contributed by atoms with Crippen molar-refractivity contribution in [3.05, 3.63) is 11.7 Å². The third-order valence-electron chi connectivity index (χ3n) is 6.78. The van der Waals surface area contributed by atoms with Crippen LogP contribution in [0.1, 0.15) is 80.2 Å². The zero-order valence-electron chi connectivity index (χ0n) is 19.5. The fraction of sp³-hybridized carbons (Fsp3) is 0.818. The van der Waals surface area contributed by atoms with Gasteiger partial charge in [-0.25, -0.2) is 5.48 Å². The van der Waals surface area contributed by atoms with Crippen LogP contribution in [0.4, 0.5) is 0 Å². The van der Waals surface area contributed by atoms with E-state index in [0.717, 1.165) is 44.9 Å². The lowest BCUT2D eigenvalue weighted by Gasteiger charge is -2.34. The highest BCUT2D eigenvalue weighted by atomic mass is 16.5. The van der Waals surface area contributed by atoms with E-state index < -0.39 is 5.91 Å². The molecular formula is C22H38N6O4. The van der Waals surface area contributed by atoms with Gasteiger partial charge in [0.15, 0.2) is 0 Å². The van der Waals surface area contributed by atoms with Crippen molar-refractivity contribution in [1.29, 1.82) is 0 Å². The topological polar surface area (TPSA) is 115 Å². The number of carbonyl (C=O) groups is 2. The number of hydrogen-bond acceptors (Lipinski definition) is 8. The molecule has 1 saturated heterocycles. The Morgan fingerprint density at radius 2 is 1.94 bits per heavy atom. The molecule has 10 heteroatoms. The molecule has 2 fully saturated rings. The van der Waals surface area contributed by atoms with Gasteiger partial charge >= 0.3 is 0 Å². The molecule has 3 rings (SSSR count). The first-order valence-electron chi connectivity index (χ1n) is 11.9. The Bertz CT molecular complexity index is 728. The van der Waals surface area contributed by atoms with E-state index in [2.05, 4.69) is 27.0 Å². The molecule has 0 spiro atoms. The van der Waals surface area contributed by atoms with Crippen LogP contribution in [-0.4, -0.2) is 88.8 Å². The van der Waals surface area contributed by atoms with Gasteiger partial charge in [0.1, 0.15) is 0 Å². The first-order valence-corrected chi connectivity index (χ1v) is 11.9. The van der Waals surface area contributed by atoms with Crippen LogP contribution in [0.25, 0.3) is 0 Å². The molecule has 10 nitrogen and oxygen atoms in total. The molecule has 0 radical (unpaired) electrons. The summed E-state index contributed by atoms with van der Waals surface area (Å²) in [4.78, 5) is 35.0. The van der Waals surface area contributed by atoms with Gasteiger partial charge in [0.25, 0.3) is 11.7 Å². The molecule has 2 amide bonds. The van der Waals surface area contributed by atoms with E-state index in [4.69, 9.17) is 9.73 Å². The van der Waals surface area contributed by atoms with Gasteiger partial charge in [-0.05, 0) is 19.4 Å². The Labute approximate surface area is 190 Å². The van der Waals surface area contributed by atoms with E-state index in [-0.39, 0.29) is 30.0 Å². The lowest BCUT2D eigenvalue weighted by molar-refractivity contribution is -0.129. The van der Waals surface area contributed by atoms with Crippen molar-refractivity contribution in [1.82, 2.24) is 30.3 Å². The van der Waals surface area contributed by atoms with Crippen LogP contribution in [0.2, 0.25) is 0 Å². The van der Waals surface area contributed by atoms with E-state index in [0.29, 0.717) is 13.1 Å². The van der Waals surface area contributed by atoms with E-state index >= 15 is 0 Å². The van der Waals surface area contributed by atoms with Gasteiger partial charge in [-0.3, -0.25) is 19.7 Å². The Balaban J connectivity index is 1.56. The van der Waals surface area contributed by atoms with Gasteiger partial charge in [0.05, 0.1) is 6.67 Å². The number of rotatable bonds is 10. The third kappa shape index (κ3) is 7.25. The molecule has 2 N–H and O–H groups in total. The summed E-state index contributed by atoms with van der Waals surface area (Å²) in [6.07, 6.45) is 9.31. The summed E-state index contributed by atoms with van der Waals surface area (Å²) in [5.74, 6) is -0.0637. The van der Waals surface area contributed by atoms with Crippen LogP contribution in [0.5, 0.6) is 0 Å². The summed E-state index contributed by atoms with van der Waals surface area (Å²) < 4.78 is 5.40. The van der Waals surface area contributed by atoms with Crippen molar-refractivity contribution in [2.24, 2.45) is 5.92 Å². The van der Waals surface area contributed by atoms with Crippen molar-refractivity contribution in [2.75, 3.05) is 46.9 Å². The number of carbonyl (C=O) groups excluding carboxylic acids is 2. The summed E-state index contributed by atoms with van der Waals surface area (Å²) in [7, 11) is 3.83. The monoisotopic (exact) mass is 450 g/mol. The number of hydrogen-bond donors (Lipinski definition) is 2. The Kier molecular flexibility index (Phi) is 9.43. The highest BCUT2D eigenvalue weighted by Gasteiger charge is 2.27. The molecule has 2 heterocycles. The van der Waals surface area contributed by atoms with Gasteiger partial charge in [-0.15, -0.1) is 0 Å². The minimum atomic E-state index is -0.495. The van der Waals surface area contributed by atoms with Crippen molar-refractivity contribution >= 4 is 11.8 Å². The largest absolute Gasteiger partial charge is 0.338 e. The number of nitrogens with one attached hydrogen (secondary N) is 1. The maximum atomic E-state index is 12.8. The van der Waals surface area contributed by atoms with Crippen LogP contribution >= 0.6 is 0 Å². The molecule has 1 atom stereocenters. The Morgan fingerprint density at radius 3 is 2.62 bits per heavy atom. The minimum Gasteiger partial charge on any atom is -0.338 e. The highest BCUT2D eigenvalue weighted by Crippen LogP contribution is 2.31. The first kappa shape index (κ1) is 24.6. The summed E-state index contributed by atoms with van der Waals surface area (Å²) in [6.45, 7) is 4.28. The van der Waals surface area contributed by atoms with E-state index in [1.807, 2.05) is 0 Å². The second kappa shape index (κ2) is 12.3. The summed E-state index contributed by atoms with van der Waals surface area (Å²) in [5, 5.41) is 12.9. The lowest BCUT2D eigenvalue weighted by atomic mass is 9.84. The van der Waals surface area contributed by atoms with E-state index in [1.54, 1.807) is 17.4 Å². The van der Waals surface area contributed by atoms with Crippen LogP contribution < -0.4 is 5.48 Å². The second-order valence-corrected chi connectivity index (χ2v) is 9.39. The van der Waals surface area contributed by atoms with Crippen molar-refractivity contribution < 1.29 is 19.3 Å². The number of nitrogens with zero attached hydrogens (tertiary/aromatic N) is 5. The zero-order valence-corrected chi connectivity index (χ0v) is 19.5. The summed E-state index contributed by atoms with van der Waals surface area (Å²) in [6, 6.07) is 0. The quantitative estimate of drug-likeness (QED) is 0.411. The van der Waals surface area contributed by atoms with Crippen LogP contribution in [0.15, 0.2) is 4.52 Å². The molecule has 0 unspecified atom stereocenters. The summed E-state index contributed by atoms with van der Waals surface area (Å²) in [5.41, 5.74) is 1.69. The molecule has 1 aliphatic carbocycles. The SMILES string of the molecule is CN1CCN(CN(C)C(=O)c2noc([C@H](CCCC3CCCCC3)CC(=O)NO)n2)CC1. The predicted molar refractivity (Wildman–Crippen MR) is 118 cm³/mol. The molecule has 0 aromatic carbocycles. The van der Waals surface area contributed by atoms with E-state index in [1.165, 1.54) is 32.1 Å². The molecule has 1 saturated carbocycles. The second-order valence-electron chi connectivity index (χ2n) is 9.39. The maximum Gasteiger partial charge on any atom is 0.296 e. The van der Waals surface area contributed by atoms with Crippen molar-refractivity contribution in [2.45, 2.75) is 63.7 Å². The predicted octanol–water partition coefficient (Wildman–Crippen LogP) is 2.08. The van der Waals surface area contributed by atoms with Gasteiger partial charge in [0, 0.05) is 45.6 Å². The molecule has 0 bridgehead atoms. The minimum absolute atomic E-state index is 0.0123. The van der Waals surface area contributed by atoms with Crippen molar-refractivity contribution in [3.8, 4) is 0 Å². The normalized spacial score (nSPS) is 19.6. The Morgan fingerprint density at radius 1 is 1.22 bits per heavy atom. The molecule has 1 aliphatic heterocycles. The number of hydroxylamine groups is 1. The average Bonchev–Trinajstić information content (AvgIpc) is 3.30. The number of piperazine rings is 1. The van der Waals surface area contributed by atoms with Crippen LogP contribution in [-0.2, 0) is 4.79 Å². The lowest BCUT2D eigenvalue weighted by Crippen LogP contribution is -2.49. The fourth-order valence-electron chi connectivity index (χ4n) is 4.72. The average molecular weight is 451 g/mol. The van der Waals surface area contributed by atoms with Crippen LogP contribution in [0, 0.1) is 5.92 Å². The third-order valence-corrected chi connectivity index (χ3v) is 6.78. The van der Waals surface area contributed by atoms with Crippen LogP contribution in [0.3, 0.4) is 0 Å². The van der Waals surface area contributed by atoms with Crippen molar-refractivity contribution in [3.63, 3.8) is 0 Å². The molecule has 32 heavy (non-hydrogen) atoms. The smallest absolute Gasteiger partial charge is 0.296 e. The van der Waals surface area contributed by atoms with Gasteiger partial charge in [-0.1, -0.05) is 50.1 Å². The molecular weight excluding hydrogens is 412 g/mol. The molecule has 180 valence electrons. The fourth-order valence-corrected chi connectivity index (χ4v) is 4.72. The number of amides is 2.